The van der Waals surface area contributed by atoms with Gasteiger partial charge in [0.1, 0.15) is 23.8 Å². The third-order valence-electron chi connectivity index (χ3n) is 3.85. The lowest BCUT2D eigenvalue weighted by atomic mass is 10.2. The van der Waals surface area contributed by atoms with Gasteiger partial charge >= 0.3 is 0 Å². The summed E-state index contributed by atoms with van der Waals surface area (Å²) in [6.45, 7) is -0.307. The highest BCUT2D eigenvalue weighted by molar-refractivity contribution is 6.31. The maximum absolute atomic E-state index is 12.5. The molecule has 0 fully saturated rings. The molecular formula is C18H17ClN2O5. The van der Waals surface area contributed by atoms with E-state index >= 15 is 0 Å². The van der Waals surface area contributed by atoms with Crippen LogP contribution in [-0.4, -0.2) is 39.2 Å². The second kappa shape index (κ2) is 7.53. The monoisotopic (exact) mass is 376 g/mol. The van der Waals surface area contributed by atoms with E-state index in [1.807, 2.05) is 0 Å². The van der Waals surface area contributed by atoms with E-state index in [-0.39, 0.29) is 25.0 Å². The standard InChI is InChI=1S/C18H17ClN2O5/c1-24-12-4-5-13(16(8-12)25-2)20-17(22)9-21-14-7-11(19)3-6-15(14)26-10-18(21)23/h3-8H,9-10H2,1-2H3,(H,20,22). The van der Waals surface area contributed by atoms with Crippen molar-refractivity contribution in [1.29, 1.82) is 0 Å². The summed E-state index contributed by atoms with van der Waals surface area (Å²) in [6, 6.07) is 9.95. The largest absolute Gasteiger partial charge is 0.497 e. The molecule has 0 unspecified atom stereocenters. The lowest BCUT2D eigenvalue weighted by Crippen LogP contribution is -2.43. The van der Waals surface area contributed by atoms with E-state index in [9.17, 15) is 9.59 Å². The Balaban J connectivity index is 1.79. The smallest absolute Gasteiger partial charge is 0.265 e. The number of carbonyl (C=O) groups excluding carboxylic acids is 2. The summed E-state index contributed by atoms with van der Waals surface area (Å²) in [7, 11) is 3.04. The van der Waals surface area contributed by atoms with Gasteiger partial charge in [0.2, 0.25) is 5.91 Å². The Bertz CT molecular complexity index is 855. The molecule has 0 spiro atoms. The highest BCUT2D eigenvalue weighted by atomic mass is 35.5. The van der Waals surface area contributed by atoms with Crippen LogP contribution in [0.3, 0.4) is 0 Å². The topological polar surface area (TPSA) is 77.1 Å². The van der Waals surface area contributed by atoms with Gasteiger partial charge in [0.25, 0.3) is 5.91 Å². The van der Waals surface area contributed by atoms with Crippen molar-refractivity contribution in [3.63, 3.8) is 0 Å². The quantitative estimate of drug-likeness (QED) is 0.868. The number of hydrogen-bond donors (Lipinski definition) is 1. The Hall–Kier alpha value is -2.93. The molecule has 0 radical (unpaired) electrons. The summed E-state index contributed by atoms with van der Waals surface area (Å²) in [6.07, 6.45) is 0. The molecule has 2 aromatic carbocycles. The second-order valence-corrected chi connectivity index (χ2v) is 5.93. The van der Waals surface area contributed by atoms with E-state index in [4.69, 9.17) is 25.8 Å². The maximum atomic E-state index is 12.5. The number of amides is 2. The molecule has 0 bridgehead atoms. The molecule has 8 heteroatoms. The zero-order chi connectivity index (χ0) is 18.7. The molecule has 3 rings (SSSR count). The summed E-state index contributed by atoms with van der Waals surface area (Å²) in [5.74, 6) is 0.858. The van der Waals surface area contributed by atoms with Gasteiger partial charge in [-0.2, -0.15) is 0 Å². The van der Waals surface area contributed by atoms with Crippen molar-refractivity contribution in [3.8, 4) is 17.2 Å². The van der Waals surface area contributed by atoms with Gasteiger partial charge < -0.3 is 19.5 Å². The number of rotatable bonds is 5. The minimum Gasteiger partial charge on any atom is -0.497 e. The van der Waals surface area contributed by atoms with Crippen LogP contribution in [-0.2, 0) is 9.59 Å². The minimum absolute atomic E-state index is 0.131. The Morgan fingerprint density at radius 2 is 2.04 bits per heavy atom. The molecule has 1 aliphatic rings. The Morgan fingerprint density at radius 3 is 2.77 bits per heavy atom. The van der Waals surface area contributed by atoms with Crippen molar-refractivity contribution in [2.24, 2.45) is 0 Å². The fraction of sp³-hybridized carbons (Fsp3) is 0.222. The van der Waals surface area contributed by atoms with E-state index in [2.05, 4.69) is 5.32 Å². The predicted molar refractivity (Wildman–Crippen MR) is 97.5 cm³/mol. The van der Waals surface area contributed by atoms with Crippen molar-refractivity contribution in [3.05, 3.63) is 41.4 Å². The summed E-state index contributed by atoms with van der Waals surface area (Å²) in [5, 5.41) is 3.19. The van der Waals surface area contributed by atoms with Crippen LogP contribution in [0.4, 0.5) is 11.4 Å². The first-order valence-corrected chi connectivity index (χ1v) is 8.14. The first-order valence-electron chi connectivity index (χ1n) is 7.76. The number of anilines is 2. The van der Waals surface area contributed by atoms with Crippen LogP contribution < -0.4 is 24.4 Å². The minimum atomic E-state index is -0.380. The molecule has 136 valence electrons. The van der Waals surface area contributed by atoms with Gasteiger partial charge in [-0.15, -0.1) is 0 Å². The van der Waals surface area contributed by atoms with Gasteiger partial charge in [-0.3, -0.25) is 14.5 Å². The van der Waals surface area contributed by atoms with Crippen molar-refractivity contribution in [1.82, 2.24) is 0 Å². The maximum Gasteiger partial charge on any atom is 0.265 e. The van der Waals surface area contributed by atoms with Crippen molar-refractivity contribution < 1.29 is 23.8 Å². The van der Waals surface area contributed by atoms with Gasteiger partial charge in [-0.1, -0.05) is 11.6 Å². The third-order valence-corrected chi connectivity index (χ3v) is 4.08. The predicted octanol–water partition coefficient (Wildman–Crippen LogP) is 2.72. The zero-order valence-corrected chi connectivity index (χ0v) is 15.0. The van der Waals surface area contributed by atoms with Crippen LogP contribution in [0.5, 0.6) is 17.2 Å². The van der Waals surface area contributed by atoms with Crippen LogP contribution >= 0.6 is 11.6 Å². The fourth-order valence-corrected chi connectivity index (χ4v) is 2.75. The molecule has 7 nitrogen and oxygen atoms in total. The van der Waals surface area contributed by atoms with E-state index in [1.165, 1.54) is 12.0 Å². The average Bonchev–Trinajstić information content (AvgIpc) is 2.64. The number of methoxy groups -OCH3 is 2. The second-order valence-electron chi connectivity index (χ2n) is 5.49. The van der Waals surface area contributed by atoms with Gasteiger partial charge in [0, 0.05) is 11.1 Å². The molecule has 1 N–H and O–H groups in total. The van der Waals surface area contributed by atoms with Crippen LogP contribution in [0.25, 0.3) is 0 Å². The van der Waals surface area contributed by atoms with Crippen LogP contribution in [0.2, 0.25) is 5.02 Å². The number of halogens is 1. The molecule has 1 aliphatic heterocycles. The Labute approximate surface area is 155 Å². The van der Waals surface area contributed by atoms with Crippen LogP contribution in [0.15, 0.2) is 36.4 Å². The molecular weight excluding hydrogens is 360 g/mol. The van der Waals surface area contributed by atoms with E-state index in [0.717, 1.165) is 0 Å². The number of benzene rings is 2. The summed E-state index contributed by atoms with van der Waals surface area (Å²) in [5.41, 5.74) is 0.941. The molecule has 0 atom stereocenters. The fourth-order valence-electron chi connectivity index (χ4n) is 2.58. The van der Waals surface area contributed by atoms with E-state index in [0.29, 0.717) is 33.6 Å². The molecule has 0 aromatic heterocycles. The van der Waals surface area contributed by atoms with Gasteiger partial charge in [-0.05, 0) is 30.3 Å². The number of nitrogens with one attached hydrogen (secondary N) is 1. The highest BCUT2D eigenvalue weighted by Gasteiger charge is 2.27. The van der Waals surface area contributed by atoms with E-state index in [1.54, 1.807) is 43.5 Å². The molecule has 2 amide bonds. The van der Waals surface area contributed by atoms with E-state index < -0.39 is 0 Å². The molecule has 0 saturated carbocycles. The highest BCUT2D eigenvalue weighted by Crippen LogP contribution is 2.34. The molecule has 0 saturated heterocycles. The number of fused-ring (bicyclic) bond motifs is 1. The molecule has 1 heterocycles. The first-order chi connectivity index (χ1) is 12.5. The van der Waals surface area contributed by atoms with Crippen LogP contribution in [0.1, 0.15) is 0 Å². The van der Waals surface area contributed by atoms with Gasteiger partial charge in [0.15, 0.2) is 6.61 Å². The average molecular weight is 377 g/mol. The number of nitrogens with zero attached hydrogens (tertiary/aromatic N) is 1. The van der Waals surface area contributed by atoms with Crippen LogP contribution in [0, 0.1) is 0 Å². The van der Waals surface area contributed by atoms with Gasteiger partial charge in [0.05, 0.1) is 25.6 Å². The van der Waals surface area contributed by atoms with Gasteiger partial charge in [-0.25, -0.2) is 0 Å². The SMILES string of the molecule is COc1ccc(NC(=O)CN2C(=O)COc3ccc(Cl)cc32)c(OC)c1. The summed E-state index contributed by atoms with van der Waals surface area (Å²) >= 11 is 6.00. The summed E-state index contributed by atoms with van der Waals surface area (Å²) in [4.78, 5) is 26.0. The number of carbonyl (C=O) groups is 2. The van der Waals surface area contributed by atoms with Crippen molar-refractivity contribution in [2.45, 2.75) is 0 Å². The number of hydrogen-bond acceptors (Lipinski definition) is 5. The molecule has 2 aromatic rings. The summed E-state index contributed by atoms with van der Waals surface area (Å²) < 4.78 is 15.8. The zero-order valence-electron chi connectivity index (χ0n) is 14.2. The third kappa shape index (κ3) is 3.67. The van der Waals surface area contributed by atoms with Crippen molar-refractivity contribution in [2.75, 3.05) is 37.6 Å². The lowest BCUT2D eigenvalue weighted by molar-refractivity contribution is -0.123. The normalized spacial score (nSPS) is 12.9. The number of ether oxygens (including phenoxy) is 3. The Kier molecular flexibility index (Phi) is 5.18. The molecule has 0 aliphatic carbocycles. The lowest BCUT2D eigenvalue weighted by Gasteiger charge is -2.29. The first kappa shape index (κ1) is 17.9. The van der Waals surface area contributed by atoms with Crippen molar-refractivity contribution >= 4 is 34.8 Å². The molecule has 26 heavy (non-hydrogen) atoms. The Morgan fingerprint density at radius 1 is 1.23 bits per heavy atom.